The largest absolute Gasteiger partial charge is 0.396 e. The summed E-state index contributed by atoms with van der Waals surface area (Å²) >= 11 is 0. The van der Waals surface area contributed by atoms with Crippen LogP contribution in [0.4, 0.5) is 5.69 Å². The SMILES string of the molecule is O=C(Nc1ccccc1)c1cn2c(n1)C(c1ccccc1)N(CCCO)CC2. The molecule has 0 aliphatic carbocycles. The molecule has 0 saturated heterocycles. The molecule has 1 unspecified atom stereocenters. The predicted octanol–water partition coefficient (Wildman–Crippen LogP) is 2.92. The number of anilines is 1. The van der Waals surface area contributed by atoms with Crippen molar-refractivity contribution in [1.82, 2.24) is 14.5 Å². The summed E-state index contributed by atoms with van der Waals surface area (Å²) in [5, 5.41) is 12.2. The number of fused-ring (bicyclic) bond motifs is 1. The van der Waals surface area contributed by atoms with Gasteiger partial charge in [-0.15, -0.1) is 0 Å². The van der Waals surface area contributed by atoms with Crippen molar-refractivity contribution >= 4 is 11.6 Å². The maximum absolute atomic E-state index is 12.7. The van der Waals surface area contributed by atoms with E-state index in [9.17, 15) is 9.90 Å². The van der Waals surface area contributed by atoms with E-state index in [1.807, 2.05) is 54.7 Å². The van der Waals surface area contributed by atoms with Gasteiger partial charge in [0, 0.05) is 38.1 Å². The molecule has 1 aliphatic rings. The van der Waals surface area contributed by atoms with E-state index < -0.39 is 0 Å². The predicted molar refractivity (Wildman–Crippen MR) is 108 cm³/mol. The van der Waals surface area contributed by atoms with Crippen LogP contribution in [0, 0.1) is 0 Å². The van der Waals surface area contributed by atoms with Gasteiger partial charge in [-0.05, 0) is 24.1 Å². The summed E-state index contributed by atoms with van der Waals surface area (Å²) in [4.78, 5) is 19.7. The van der Waals surface area contributed by atoms with E-state index in [4.69, 9.17) is 4.98 Å². The van der Waals surface area contributed by atoms with E-state index >= 15 is 0 Å². The van der Waals surface area contributed by atoms with Crippen LogP contribution in [0.3, 0.4) is 0 Å². The molecule has 6 heteroatoms. The second-order valence-corrected chi connectivity index (χ2v) is 6.92. The molecular formula is C22H24N4O2. The molecule has 0 bridgehead atoms. The van der Waals surface area contributed by atoms with Crippen LogP contribution < -0.4 is 5.32 Å². The maximum atomic E-state index is 12.7. The Bertz CT molecular complexity index is 924. The second-order valence-electron chi connectivity index (χ2n) is 6.92. The van der Waals surface area contributed by atoms with Crippen molar-refractivity contribution in [3.05, 3.63) is 83.9 Å². The monoisotopic (exact) mass is 376 g/mol. The van der Waals surface area contributed by atoms with Crippen LogP contribution in [0.25, 0.3) is 0 Å². The van der Waals surface area contributed by atoms with Crippen LogP contribution in [0.1, 0.15) is 34.3 Å². The first-order chi connectivity index (χ1) is 13.8. The third-order valence-electron chi connectivity index (χ3n) is 5.03. The maximum Gasteiger partial charge on any atom is 0.275 e. The Labute approximate surface area is 164 Å². The first-order valence-corrected chi connectivity index (χ1v) is 9.59. The van der Waals surface area contributed by atoms with Gasteiger partial charge in [-0.1, -0.05) is 48.5 Å². The Kier molecular flexibility index (Phi) is 5.50. The number of para-hydroxylation sites is 1. The molecule has 2 aromatic carbocycles. The van der Waals surface area contributed by atoms with Crippen LogP contribution in [0.2, 0.25) is 0 Å². The molecule has 1 aromatic heterocycles. The lowest BCUT2D eigenvalue weighted by Gasteiger charge is -2.36. The number of nitrogens with one attached hydrogen (secondary N) is 1. The molecule has 3 aromatic rings. The molecule has 0 spiro atoms. The van der Waals surface area contributed by atoms with Gasteiger partial charge < -0.3 is 15.0 Å². The highest BCUT2D eigenvalue weighted by Crippen LogP contribution is 2.31. The summed E-state index contributed by atoms with van der Waals surface area (Å²) in [6, 6.07) is 19.6. The summed E-state index contributed by atoms with van der Waals surface area (Å²) in [7, 11) is 0. The van der Waals surface area contributed by atoms with Gasteiger partial charge in [-0.3, -0.25) is 9.69 Å². The van der Waals surface area contributed by atoms with E-state index in [0.717, 1.165) is 36.7 Å². The lowest BCUT2D eigenvalue weighted by atomic mass is 10.0. The van der Waals surface area contributed by atoms with E-state index in [1.165, 1.54) is 0 Å². The van der Waals surface area contributed by atoms with Crippen LogP contribution >= 0.6 is 0 Å². The summed E-state index contributed by atoms with van der Waals surface area (Å²) < 4.78 is 2.08. The number of aliphatic hydroxyl groups excluding tert-OH is 1. The van der Waals surface area contributed by atoms with Gasteiger partial charge >= 0.3 is 0 Å². The average Bonchev–Trinajstić information content (AvgIpc) is 3.17. The molecule has 28 heavy (non-hydrogen) atoms. The molecule has 0 radical (unpaired) electrons. The smallest absolute Gasteiger partial charge is 0.275 e. The van der Waals surface area contributed by atoms with Crippen molar-refractivity contribution < 1.29 is 9.90 Å². The highest BCUT2D eigenvalue weighted by Gasteiger charge is 2.31. The topological polar surface area (TPSA) is 70.4 Å². The number of carbonyl (C=O) groups is 1. The summed E-state index contributed by atoms with van der Waals surface area (Å²) in [6.07, 6.45) is 2.55. The molecular weight excluding hydrogens is 352 g/mol. The first-order valence-electron chi connectivity index (χ1n) is 9.59. The molecule has 1 atom stereocenters. The Morgan fingerprint density at radius 3 is 2.50 bits per heavy atom. The van der Waals surface area contributed by atoms with Crippen molar-refractivity contribution in [2.24, 2.45) is 0 Å². The van der Waals surface area contributed by atoms with E-state index in [2.05, 4.69) is 26.9 Å². The fraction of sp³-hybridized carbons (Fsp3) is 0.273. The van der Waals surface area contributed by atoms with Crippen molar-refractivity contribution in [3.63, 3.8) is 0 Å². The average molecular weight is 376 g/mol. The second kappa shape index (κ2) is 8.37. The molecule has 0 fully saturated rings. The number of hydrogen-bond donors (Lipinski definition) is 2. The minimum absolute atomic E-state index is 0.0280. The Morgan fingerprint density at radius 1 is 1.07 bits per heavy atom. The zero-order chi connectivity index (χ0) is 19.3. The first kappa shape index (κ1) is 18.4. The standard InChI is InChI=1S/C22H24N4O2/c27-15-7-12-25-13-14-26-16-19(22(28)23-18-10-5-2-6-11-18)24-21(26)20(25)17-8-3-1-4-9-17/h1-6,8-11,16,20,27H,7,12-15H2,(H,23,28). The minimum atomic E-state index is -0.207. The fourth-order valence-corrected chi connectivity index (χ4v) is 3.69. The summed E-state index contributed by atoms with van der Waals surface area (Å²) in [6.45, 7) is 2.57. The number of aromatic nitrogens is 2. The molecule has 0 saturated carbocycles. The highest BCUT2D eigenvalue weighted by atomic mass is 16.3. The zero-order valence-corrected chi connectivity index (χ0v) is 15.7. The number of amides is 1. The number of carbonyl (C=O) groups excluding carboxylic acids is 1. The molecule has 6 nitrogen and oxygen atoms in total. The van der Waals surface area contributed by atoms with Crippen molar-refractivity contribution in [3.8, 4) is 0 Å². The molecule has 4 rings (SSSR count). The molecule has 2 N–H and O–H groups in total. The molecule has 2 heterocycles. The van der Waals surface area contributed by atoms with Gasteiger partial charge in [0.1, 0.15) is 11.5 Å². The summed E-state index contributed by atoms with van der Waals surface area (Å²) in [5.41, 5.74) is 2.31. The highest BCUT2D eigenvalue weighted by molar-refractivity contribution is 6.02. The van der Waals surface area contributed by atoms with Gasteiger partial charge in [0.2, 0.25) is 0 Å². The van der Waals surface area contributed by atoms with Crippen molar-refractivity contribution in [1.29, 1.82) is 0 Å². The molecule has 144 valence electrons. The van der Waals surface area contributed by atoms with Crippen LogP contribution in [0.5, 0.6) is 0 Å². The summed E-state index contributed by atoms with van der Waals surface area (Å²) in [5.74, 6) is 0.662. The minimum Gasteiger partial charge on any atom is -0.396 e. The number of aliphatic hydroxyl groups is 1. The van der Waals surface area contributed by atoms with E-state index in [1.54, 1.807) is 0 Å². The van der Waals surface area contributed by atoms with Crippen LogP contribution in [0.15, 0.2) is 66.9 Å². The lowest BCUT2D eigenvalue weighted by molar-refractivity contribution is 0.102. The number of rotatable bonds is 6. The quantitative estimate of drug-likeness (QED) is 0.694. The zero-order valence-electron chi connectivity index (χ0n) is 15.7. The number of imidazole rings is 1. The number of hydrogen-bond acceptors (Lipinski definition) is 4. The normalized spacial score (nSPS) is 16.5. The van der Waals surface area contributed by atoms with Crippen LogP contribution in [-0.4, -0.2) is 45.2 Å². The van der Waals surface area contributed by atoms with Gasteiger partial charge in [0.15, 0.2) is 0 Å². The number of benzene rings is 2. The van der Waals surface area contributed by atoms with Gasteiger partial charge in [-0.25, -0.2) is 4.98 Å². The molecule has 1 amide bonds. The Hall–Kier alpha value is -2.96. The fourth-order valence-electron chi connectivity index (χ4n) is 3.69. The van der Waals surface area contributed by atoms with E-state index in [0.29, 0.717) is 12.1 Å². The van der Waals surface area contributed by atoms with Crippen LogP contribution in [-0.2, 0) is 6.54 Å². The number of nitrogens with zero attached hydrogens (tertiary/aromatic N) is 3. The Balaban J connectivity index is 1.64. The Morgan fingerprint density at radius 2 is 1.79 bits per heavy atom. The van der Waals surface area contributed by atoms with Gasteiger partial charge in [0.05, 0.1) is 6.04 Å². The van der Waals surface area contributed by atoms with Crippen molar-refractivity contribution in [2.45, 2.75) is 19.0 Å². The van der Waals surface area contributed by atoms with Crippen molar-refractivity contribution in [2.75, 3.05) is 25.0 Å². The van der Waals surface area contributed by atoms with E-state index in [-0.39, 0.29) is 18.6 Å². The van der Waals surface area contributed by atoms with Gasteiger partial charge in [-0.2, -0.15) is 0 Å². The van der Waals surface area contributed by atoms with Gasteiger partial charge in [0.25, 0.3) is 5.91 Å². The third kappa shape index (κ3) is 3.83. The third-order valence-corrected chi connectivity index (χ3v) is 5.03. The lowest BCUT2D eigenvalue weighted by Crippen LogP contribution is -2.39. The molecule has 1 aliphatic heterocycles.